The standard InChI is InChI=1S/C24H19ClN6O4/c1-33-16-9-10-17(21(12-16)34-2)22-26-24(29-28-22)27-23(32)18-13-19(20-4-3-11-35-20)31(30-18)15-7-5-14(25)6-8-15/h3-13H,1-2H3,(H2,26,27,28,29,32). The highest BCUT2D eigenvalue weighted by Crippen LogP contribution is 2.32. The van der Waals surface area contributed by atoms with Crippen LogP contribution in [0.15, 0.2) is 71.3 Å². The number of aromatic amines is 1. The van der Waals surface area contributed by atoms with Gasteiger partial charge in [-0.2, -0.15) is 10.1 Å². The van der Waals surface area contributed by atoms with Crippen molar-refractivity contribution in [1.29, 1.82) is 0 Å². The lowest BCUT2D eigenvalue weighted by Crippen LogP contribution is -2.14. The molecule has 0 saturated carbocycles. The number of carbonyl (C=O) groups is 1. The van der Waals surface area contributed by atoms with Gasteiger partial charge in [-0.05, 0) is 48.5 Å². The fourth-order valence-corrected chi connectivity index (χ4v) is 3.59. The molecule has 5 rings (SSSR count). The van der Waals surface area contributed by atoms with Crippen molar-refractivity contribution < 1.29 is 18.7 Å². The van der Waals surface area contributed by atoms with Gasteiger partial charge in [-0.25, -0.2) is 4.68 Å². The Morgan fingerprint density at radius 1 is 1.09 bits per heavy atom. The summed E-state index contributed by atoms with van der Waals surface area (Å²) in [5.74, 6) is 1.76. The van der Waals surface area contributed by atoms with E-state index >= 15 is 0 Å². The van der Waals surface area contributed by atoms with Gasteiger partial charge in [-0.3, -0.25) is 15.2 Å². The molecule has 1 amide bonds. The highest BCUT2D eigenvalue weighted by molar-refractivity contribution is 6.30. The lowest BCUT2D eigenvalue weighted by atomic mass is 10.2. The molecule has 0 bridgehead atoms. The molecule has 3 heterocycles. The highest BCUT2D eigenvalue weighted by Gasteiger charge is 2.20. The summed E-state index contributed by atoms with van der Waals surface area (Å²) in [5.41, 5.74) is 2.13. The maximum Gasteiger partial charge on any atom is 0.278 e. The van der Waals surface area contributed by atoms with Crippen LogP contribution in [0.25, 0.3) is 28.5 Å². The molecule has 5 aromatic rings. The third-order valence-electron chi connectivity index (χ3n) is 5.16. The van der Waals surface area contributed by atoms with Gasteiger partial charge in [-0.1, -0.05) is 11.6 Å². The third-order valence-corrected chi connectivity index (χ3v) is 5.41. The van der Waals surface area contributed by atoms with Crippen molar-refractivity contribution in [3.63, 3.8) is 0 Å². The number of H-pyrrole nitrogens is 1. The van der Waals surface area contributed by atoms with Crippen molar-refractivity contribution in [2.75, 3.05) is 19.5 Å². The first-order valence-electron chi connectivity index (χ1n) is 10.4. The summed E-state index contributed by atoms with van der Waals surface area (Å²) in [6, 6.07) is 17.6. The number of aromatic nitrogens is 5. The van der Waals surface area contributed by atoms with Gasteiger partial charge >= 0.3 is 0 Å². The molecule has 0 radical (unpaired) electrons. The number of ether oxygens (including phenoxy) is 2. The van der Waals surface area contributed by atoms with Gasteiger partial charge in [0.15, 0.2) is 17.3 Å². The maximum atomic E-state index is 13.0. The molecule has 0 aliphatic heterocycles. The molecule has 0 spiro atoms. The molecular formula is C24H19ClN6O4. The van der Waals surface area contributed by atoms with E-state index in [1.54, 1.807) is 85.8 Å². The fraction of sp³-hybridized carbons (Fsp3) is 0.0833. The van der Waals surface area contributed by atoms with Crippen LogP contribution < -0.4 is 14.8 Å². The van der Waals surface area contributed by atoms with Crippen LogP contribution in [0.1, 0.15) is 10.5 Å². The fourth-order valence-electron chi connectivity index (χ4n) is 3.47. The molecule has 0 fully saturated rings. The van der Waals surface area contributed by atoms with Crippen molar-refractivity contribution in [2.45, 2.75) is 0 Å². The second-order valence-electron chi connectivity index (χ2n) is 7.31. The van der Waals surface area contributed by atoms with E-state index in [1.165, 1.54) is 0 Å². The number of nitrogens with zero attached hydrogens (tertiary/aromatic N) is 4. The first-order valence-corrected chi connectivity index (χ1v) is 10.8. The number of hydrogen-bond donors (Lipinski definition) is 2. The monoisotopic (exact) mass is 490 g/mol. The Hall–Kier alpha value is -4.57. The predicted octanol–water partition coefficient (Wildman–Crippen LogP) is 4.84. The predicted molar refractivity (Wildman–Crippen MR) is 129 cm³/mol. The quantitative estimate of drug-likeness (QED) is 0.335. The zero-order valence-electron chi connectivity index (χ0n) is 18.7. The van der Waals surface area contributed by atoms with E-state index in [0.29, 0.717) is 45.1 Å². The number of amides is 1. The Balaban J connectivity index is 1.43. The number of rotatable bonds is 7. The van der Waals surface area contributed by atoms with Crippen LogP contribution in [0.5, 0.6) is 11.5 Å². The van der Waals surface area contributed by atoms with Crippen molar-refractivity contribution >= 4 is 23.5 Å². The first-order chi connectivity index (χ1) is 17.1. The number of benzene rings is 2. The van der Waals surface area contributed by atoms with Gasteiger partial charge in [0.25, 0.3) is 5.91 Å². The molecule has 3 aromatic heterocycles. The van der Waals surface area contributed by atoms with Crippen molar-refractivity contribution in [1.82, 2.24) is 25.0 Å². The SMILES string of the molecule is COc1ccc(-c2nc(NC(=O)c3cc(-c4ccco4)n(-c4ccc(Cl)cc4)n3)n[nH]2)c(OC)c1. The number of carbonyl (C=O) groups excluding carboxylic acids is 1. The van der Waals surface area contributed by atoms with Gasteiger partial charge in [0, 0.05) is 17.2 Å². The molecule has 0 aliphatic rings. The van der Waals surface area contributed by atoms with Gasteiger partial charge in [0.1, 0.15) is 17.2 Å². The lowest BCUT2D eigenvalue weighted by Gasteiger charge is -2.07. The maximum absolute atomic E-state index is 13.0. The average molecular weight is 491 g/mol. The zero-order chi connectivity index (χ0) is 24.4. The molecule has 0 unspecified atom stereocenters. The molecule has 11 heteroatoms. The molecule has 10 nitrogen and oxygen atoms in total. The number of methoxy groups -OCH3 is 2. The molecule has 2 aromatic carbocycles. The summed E-state index contributed by atoms with van der Waals surface area (Å²) in [6.07, 6.45) is 1.55. The normalized spacial score (nSPS) is 10.8. The molecule has 0 atom stereocenters. The van der Waals surface area contributed by atoms with Crippen molar-refractivity contribution in [2.24, 2.45) is 0 Å². The molecule has 35 heavy (non-hydrogen) atoms. The molecule has 0 aliphatic carbocycles. The van der Waals surface area contributed by atoms with Crippen LogP contribution in [0.2, 0.25) is 5.02 Å². The van der Waals surface area contributed by atoms with E-state index in [2.05, 4.69) is 25.6 Å². The minimum Gasteiger partial charge on any atom is -0.497 e. The van der Waals surface area contributed by atoms with Gasteiger partial charge in [-0.15, -0.1) is 5.10 Å². The van der Waals surface area contributed by atoms with E-state index in [0.717, 1.165) is 0 Å². The molecular weight excluding hydrogens is 472 g/mol. The van der Waals surface area contributed by atoms with Crippen molar-refractivity contribution in [3.05, 3.63) is 77.6 Å². The van der Waals surface area contributed by atoms with Gasteiger partial charge in [0.2, 0.25) is 5.95 Å². The summed E-state index contributed by atoms with van der Waals surface area (Å²) in [5, 5.41) is 14.6. The largest absolute Gasteiger partial charge is 0.497 e. The van der Waals surface area contributed by atoms with E-state index in [9.17, 15) is 4.79 Å². The van der Waals surface area contributed by atoms with Crippen molar-refractivity contribution in [3.8, 4) is 40.0 Å². The topological polar surface area (TPSA) is 120 Å². The Morgan fingerprint density at radius 3 is 2.63 bits per heavy atom. The Morgan fingerprint density at radius 2 is 1.91 bits per heavy atom. The highest BCUT2D eigenvalue weighted by atomic mass is 35.5. The number of nitrogens with one attached hydrogen (secondary N) is 2. The summed E-state index contributed by atoms with van der Waals surface area (Å²) in [7, 11) is 3.12. The molecule has 2 N–H and O–H groups in total. The summed E-state index contributed by atoms with van der Waals surface area (Å²) >= 11 is 6.02. The third kappa shape index (κ3) is 4.46. The summed E-state index contributed by atoms with van der Waals surface area (Å²) < 4.78 is 17.8. The van der Waals surface area contributed by atoms with Crippen LogP contribution in [0.4, 0.5) is 5.95 Å². The Kier molecular flexibility index (Phi) is 5.94. The second-order valence-corrected chi connectivity index (χ2v) is 7.74. The van der Waals surface area contributed by atoms with Crippen LogP contribution in [-0.2, 0) is 0 Å². The number of furan rings is 1. The smallest absolute Gasteiger partial charge is 0.278 e. The molecule has 176 valence electrons. The minimum atomic E-state index is -0.488. The van der Waals surface area contributed by atoms with E-state index in [-0.39, 0.29) is 11.6 Å². The van der Waals surface area contributed by atoms with Gasteiger partial charge in [0.05, 0.1) is 31.7 Å². The van der Waals surface area contributed by atoms with Crippen LogP contribution in [-0.4, -0.2) is 45.1 Å². The average Bonchev–Trinajstić information content (AvgIpc) is 3.64. The summed E-state index contributed by atoms with van der Waals surface area (Å²) in [4.78, 5) is 17.4. The Labute approximate surface area is 204 Å². The minimum absolute atomic E-state index is 0.0865. The number of anilines is 1. The lowest BCUT2D eigenvalue weighted by molar-refractivity contribution is 0.102. The van der Waals surface area contributed by atoms with Crippen LogP contribution in [0, 0.1) is 0 Å². The first kappa shape index (κ1) is 22.2. The van der Waals surface area contributed by atoms with E-state index in [4.69, 9.17) is 25.5 Å². The van der Waals surface area contributed by atoms with Crippen LogP contribution >= 0.6 is 11.6 Å². The Bertz CT molecular complexity index is 1470. The number of hydrogen-bond acceptors (Lipinski definition) is 7. The van der Waals surface area contributed by atoms with E-state index < -0.39 is 5.91 Å². The van der Waals surface area contributed by atoms with E-state index in [1.807, 2.05) is 0 Å². The number of halogens is 1. The molecule has 0 saturated heterocycles. The second kappa shape index (κ2) is 9.35. The zero-order valence-corrected chi connectivity index (χ0v) is 19.4. The van der Waals surface area contributed by atoms with Gasteiger partial charge < -0.3 is 13.9 Å². The summed E-state index contributed by atoms with van der Waals surface area (Å²) in [6.45, 7) is 0. The van der Waals surface area contributed by atoms with Crippen LogP contribution in [0.3, 0.4) is 0 Å².